The van der Waals surface area contributed by atoms with E-state index in [0.29, 0.717) is 11.5 Å². The smallest absolute Gasteiger partial charge is 0.184 e. The lowest BCUT2D eigenvalue weighted by Crippen LogP contribution is -1.94. The first-order valence-corrected chi connectivity index (χ1v) is 7.87. The Hall–Kier alpha value is -3.61. The fourth-order valence-electron chi connectivity index (χ4n) is 3.21. The highest BCUT2D eigenvalue weighted by Gasteiger charge is 2.14. The molecule has 0 amide bonds. The molecule has 0 aliphatic rings. The zero-order valence-electron chi connectivity index (χ0n) is 13.4. The van der Waals surface area contributed by atoms with Gasteiger partial charge in [0.1, 0.15) is 0 Å². The van der Waals surface area contributed by atoms with Gasteiger partial charge in [0.2, 0.25) is 0 Å². The molecular formula is C18H13N7. The van der Waals surface area contributed by atoms with Gasteiger partial charge in [0.05, 0.1) is 11.8 Å². The number of aromatic amines is 1. The van der Waals surface area contributed by atoms with Crippen LogP contribution in [0.2, 0.25) is 0 Å². The van der Waals surface area contributed by atoms with Gasteiger partial charge in [-0.3, -0.25) is 0 Å². The maximum Gasteiger partial charge on any atom is 0.184 e. The molecule has 7 nitrogen and oxygen atoms in total. The molecule has 3 aromatic heterocycles. The first kappa shape index (κ1) is 13.8. The molecule has 7 heteroatoms. The molecule has 5 aromatic rings. The summed E-state index contributed by atoms with van der Waals surface area (Å²) in [7, 11) is 0. The van der Waals surface area contributed by atoms with Gasteiger partial charge >= 0.3 is 0 Å². The van der Waals surface area contributed by atoms with Gasteiger partial charge in [-0.25, -0.2) is 14.6 Å². The van der Waals surface area contributed by atoms with Crippen LogP contribution in [-0.4, -0.2) is 35.2 Å². The van der Waals surface area contributed by atoms with Crippen LogP contribution >= 0.6 is 0 Å². The minimum absolute atomic E-state index is 0.552. The number of aryl methyl sites for hydroxylation is 1. The fourth-order valence-corrected chi connectivity index (χ4v) is 3.21. The zero-order valence-corrected chi connectivity index (χ0v) is 13.4. The van der Waals surface area contributed by atoms with E-state index in [2.05, 4.69) is 68.0 Å². The van der Waals surface area contributed by atoms with E-state index in [1.54, 1.807) is 10.7 Å². The van der Waals surface area contributed by atoms with Gasteiger partial charge < -0.3 is 0 Å². The van der Waals surface area contributed by atoms with Crippen molar-refractivity contribution < 1.29 is 0 Å². The molecule has 2 aromatic carbocycles. The van der Waals surface area contributed by atoms with Crippen molar-refractivity contribution in [3.8, 4) is 22.5 Å². The van der Waals surface area contributed by atoms with Gasteiger partial charge in [0.25, 0.3) is 0 Å². The Labute approximate surface area is 142 Å². The normalized spacial score (nSPS) is 11.4. The number of hydrogen-bond acceptors (Lipinski definition) is 5. The number of nitrogens with zero attached hydrogens (tertiary/aromatic N) is 6. The molecule has 1 N–H and O–H groups in total. The second-order valence-electron chi connectivity index (χ2n) is 5.90. The maximum atomic E-state index is 4.61. The predicted octanol–water partition coefficient (Wildman–Crippen LogP) is 3.04. The predicted molar refractivity (Wildman–Crippen MR) is 93.8 cm³/mol. The van der Waals surface area contributed by atoms with E-state index in [9.17, 15) is 0 Å². The molecule has 0 spiro atoms. The molecule has 0 fully saturated rings. The largest absolute Gasteiger partial charge is 0.239 e. The Bertz CT molecular complexity index is 1210. The van der Waals surface area contributed by atoms with Crippen molar-refractivity contribution in [3.63, 3.8) is 0 Å². The number of nitrogens with one attached hydrogen (secondary N) is 1. The molecule has 0 unspecified atom stereocenters. The molecule has 0 atom stereocenters. The van der Waals surface area contributed by atoms with Crippen LogP contribution in [0.1, 0.15) is 5.56 Å². The number of benzene rings is 2. The fraction of sp³-hybridized carbons (Fsp3) is 0.0556. The van der Waals surface area contributed by atoms with Crippen LogP contribution in [0.4, 0.5) is 0 Å². The standard InChI is InChI=1S/C18H13N7/c1-11-6-7-12-4-2-3-5-14(12)16(11)13-8-19-18-15(9-20-25(18)10-13)17-21-23-24-22-17/h2-10H,1H3,(H,21,22,23,24). The quantitative estimate of drug-likeness (QED) is 0.539. The second-order valence-corrected chi connectivity index (χ2v) is 5.90. The van der Waals surface area contributed by atoms with Crippen LogP contribution in [0.5, 0.6) is 0 Å². The molecule has 0 saturated heterocycles. The third-order valence-electron chi connectivity index (χ3n) is 4.38. The van der Waals surface area contributed by atoms with Crippen molar-refractivity contribution in [1.82, 2.24) is 35.2 Å². The Balaban J connectivity index is 1.74. The zero-order chi connectivity index (χ0) is 16.8. The molecule has 0 aliphatic carbocycles. The van der Waals surface area contributed by atoms with Crippen LogP contribution in [0, 0.1) is 6.92 Å². The molecule has 120 valence electrons. The number of hydrogen-bond donors (Lipinski definition) is 1. The SMILES string of the molecule is Cc1ccc2ccccc2c1-c1cnc2c(-c3nnn[nH]3)cnn2c1. The number of fused-ring (bicyclic) bond motifs is 2. The molecule has 0 bridgehead atoms. The topological polar surface area (TPSA) is 84.6 Å². The minimum Gasteiger partial charge on any atom is -0.239 e. The summed E-state index contributed by atoms with van der Waals surface area (Å²) in [6, 6.07) is 12.6. The average Bonchev–Trinajstić information content (AvgIpc) is 3.30. The van der Waals surface area contributed by atoms with Gasteiger partial charge in [0, 0.05) is 18.0 Å². The summed E-state index contributed by atoms with van der Waals surface area (Å²) in [6.07, 6.45) is 5.58. The summed E-state index contributed by atoms with van der Waals surface area (Å²) in [5.41, 5.74) is 4.87. The lowest BCUT2D eigenvalue weighted by atomic mass is 9.96. The van der Waals surface area contributed by atoms with E-state index in [4.69, 9.17) is 0 Å². The van der Waals surface area contributed by atoms with Crippen LogP contribution in [0.3, 0.4) is 0 Å². The van der Waals surface area contributed by atoms with E-state index in [1.807, 2.05) is 18.5 Å². The Morgan fingerprint density at radius 3 is 2.84 bits per heavy atom. The van der Waals surface area contributed by atoms with E-state index >= 15 is 0 Å². The molecule has 25 heavy (non-hydrogen) atoms. The van der Waals surface area contributed by atoms with Gasteiger partial charge in [-0.05, 0) is 39.2 Å². The van der Waals surface area contributed by atoms with E-state index in [1.165, 1.54) is 21.9 Å². The van der Waals surface area contributed by atoms with Crippen molar-refractivity contribution in [2.75, 3.05) is 0 Å². The average molecular weight is 327 g/mol. The summed E-state index contributed by atoms with van der Waals surface area (Å²) in [5.74, 6) is 0.552. The van der Waals surface area contributed by atoms with Gasteiger partial charge in [-0.1, -0.05) is 36.4 Å². The second kappa shape index (κ2) is 5.20. The number of H-pyrrole nitrogens is 1. The summed E-state index contributed by atoms with van der Waals surface area (Å²) in [4.78, 5) is 4.61. The minimum atomic E-state index is 0.552. The molecule has 0 radical (unpaired) electrons. The van der Waals surface area contributed by atoms with Crippen LogP contribution in [0.25, 0.3) is 38.9 Å². The third kappa shape index (κ3) is 2.09. The Kier molecular flexibility index (Phi) is 2.87. The van der Waals surface area contributed by atoms with Crippen molar-refractivity contribution in [1.29, 1.82) is 0 Å². The van der Waals surface area contributed by atoms with Crippen molar-refractivity contribution in [2.24, 2.45) is 0 Å². The van der Waals surface area contributed by atoms with Crippen LogP contribution < -0.4 is 0 Å². The lowest BCUT2D eigenvalue weighted by molar-refractivity contribution is 0.881. The first-order valence-electron chi connectivity index (χ1n) is 7.87. The Morgan fingerprint density at radius 2 is 1.96 bits per heavy atom. The summed E-state index contributed by atoms with van der Waals surface area (Å²) >= 11 is 0. The third-order valence-corrected chi connectivity index (χ3v) is 4.38. The van der Waals surface area contributed by atoms with E-state index in [0.717, 1.165) is 11.1 Å². The lowest BCUT2D eigenvalue weighted by Gasteiger charge is -2.10. The van der Waals surface area contributed by atoms with Crippen LogP contribution in [0.15, 0.2) is 55.0 Å². The van der Waals surface area contributed by atoms with Crippen molar-refractivity contribution in [3.05, 3.63) is 60.6 Å². The highest BCUT2D eigenvalue weighted by atomic mass is 15.5. The molecule has 0 saturated carbocycles. The first-order chi connectivity index (χ1) is 12.3. The van der Waals surface area contributed by atoms with Crippen LogP contribution in [-0.2, 0) is 0 Å². The van der Waals surface area contributed by atoms with E-state index < -0.39 is 0 Å². The summed E-state index contributed by atoms with van der Waals surface area (Å²) < 4.78 is 1.76. The monoisotopic (exact) mass is 327 g/mol. The van der Waals surface area contributed by atoms with Gasteiger partial charge in [-0.15, -0.1) is 5.10 Å². The molecule has 0 aliphatic heterocycles. The van der Waals surface area contributed by atoms with Gasteiger partial charge in [-0.2, -0.15) is 5.10 Å². The number of tetrazole rings is 1. The Morgan fingerprint density at radius 1 is 1.04 bits per heavy atom. The van der Waals surface area contributed by atoms with Gasteiger partial charge in [0.15, 0.2) is 11.5 Å². The summed E-state index contributed by atoms with van der Waals surface area (Å²) in [6.45, 7) is 2.11. The maximum absolute atomic E-state index is 4.61. The van der Waals surface area contributed by atoms with E-state index in [-0.39, 0.29) is 0 Å². The molecule has 5 rings (SSSR count). The number of aromatic nitrogens is 7. The highest BCUT2D eigenvalue weighted by molar-refractivity contribution is 5.98. The molecule has 3 heterocycles. The van der Waals surface area contributed by atoms with Crippen molar-refractivity contribution in [2.45, 2.75) is 6.92 Å². The number of rotatable bonds is 2. The molecular weight excluding hydrogens is 314 g/mol. The van der Waals surface area contributed by atoms with Crippen molar-refractivity contribution >= 4 is 16.4 Å². The summed E-state index contributed by atoms with van der Waals surface area (Å²) in [5, 5.41) is 20.7. The highest BCUT2D eigenvalue weighted by Crippen LogP contribution is 2.32.